The summed E-state index contributed by atoms with van der Waals surface area (Å²) in [4.78, 5) is 21.0. The number of anilines is 2. The molecule has 2 aliphatic heterocycles. The lowest BCUT2D eigenvalue weighted by Crippen LogP contribution is -2.25. The normalized spacial score (nSPS) is 17.0. The third kappa shape index (κ3) is 6.61. The summed E-state index contributed by atoms with van der Waals surface area (Å²) in [6.07, 6.45) is 17.2. The van der Waals surface area contributed by atoms with E-state index >= 15 is 0 Å². The van der Waals surface area contributed by atoms with E-state index < -0.39 is 23.5 Å². The molecule has 10 rings (SSSR count). The van der Waals surface area contributed by atoms with E-state index in [4.69, 9.17) is 9.97 Å². The molecular weight excluding hydrogens is 831 g/mol. The van der Waals surface area contributed by atoms with Crippen LogP contribution in [0.25, 0.3) is 22.7 Å². The van der Waals surface area contributed by atoms with Crippen molar-refractivity contribution in [2.45, 2.75) is 37.8 Å². The van der Waals surface area contributed by atoms with E-state index in [1.54, 1.807) is 55.6 Å². The first-order chi connectivity index (χ1) is 26.8. The molecule has 278 valence electrons. The molecule has 8 aromatic rings. The molecular formula is C36H29F4IN14. The van der Waals surface area contributed by atoms with Gasteiger partial charge >= 0.3 is 0 Å². The van der Waals surface area contributed by atoms with Gasteiger partial charge in [-0.1, -0.05) is 0 Å². The second-order valence-corrected chi connectivity index (χ2v) is 14.2. The fourth-order valence-corrected chi connectivity index (χ4v) is 7.55. The summed E-state index contributed by atoms with van der Waals surface area (Å²) < 4.78 is 63.5. The van der Waals surface area contributed by atoms with E-state index in [1.807, 2.05) is 40.4 Å². The smallest absolute Gasteiger partial charge is 0.213 e. The molecule has 0 unspecified atom stereocenters. The number of aromatic nitrogens is 12. The third-order valence-electron chi connectivity index (χ3n) is 9.62. The van der Waals surface area contributed by atoms with E-state index in [0.29, 0.717) is 48.9 Å². The highest BCUT2D eigenvalue weighted by molar-refractivity contribution is 14.1. The SMILES string of the molecule is Fc1ccc(F)c([C@H]2CCCN2c2ccn3ncc(-n4cc(I)cn4)c3n2)n1.Fc1ccc(F)c([C@H]2CCCN2c2ccn3ncc(-n4cccn4)c3n2)n1. The Labute approximate surface area is 323 Å². The number of nitrogens with zero attached hydrogens (tertiary/aromatic N) is 14. The van der Waals surface area contributed by atoms with Crippen molar-refractivity contribution in [3.63, 3.8) is 0 Å². The van der Waals surface area contributed by atoms with E-state index in [1.165, 1.54) is 0 Å². The molecule has 2 fully saturated rings. The molecule has 14 nitrogen and oxygen atoms in total. The lowest BCUT2D eigenvalue weighted by atomic mass is 10.1. The fraction of sp³-hybridized carbons (Fsp3) is 0.222. The predicted octanol–water partition coefficient (Wildman–Crippen LogP) is 6.46. The van der Waals surface area contributed by atoms with Crippen molar-refractivity contribution < 1.29 is 17.6 Å². The van der Waals surface area contributed by atoms with E-state index in [2.05, 4.69) is 53.0 Å². The van der Waals surface area contributed by atoms with Gasteiger partial charge in [-0.3, -0.25) is 0 Å². The average Bonchev–Trinajstić information content (AvgIpc) is 4.04. The number of hydrogen-bond donors (Lipinski definition) is 0. The largest absolute Gasteiger partial charge is 0.348 e. The van der Waals surface area contributed by atoms with Gasteiger partial charge in [0.15, 0.2) is 11.3 Å². The Morgan fingerprint density at radius 3 is 1.62 bits per heavy atom. The first-order valence-electron chi connectivity index (χ1n) is 17.4. The van der Waals surface area contributed by atoms with Crippen LogP contribution in [0.4, 0.5) is 29.2 Å². The van der Waals surface area contributed by atoms with Crippen molar-refractivity contribution in [1.82, 2.24) is 58.7 Å². The number of halogens is 5. The first-order valence-corrected chi connectivity index (χ1v) is 18.4. The number of pyridine rings is 2. The topological polar surface area (TPSA) is 128 Å². The molecule has 2 saturated heterocycles. The van der Waals surface area contributed by atoms with Crippen LogP contribution in [0.5, 0.6) is 0 Å². The van der Waals surface area contributed by atoms with Crippen LogP contribution in [0.1, 0.15) is 49.2 Å². The Morgan fingerprint density at radius 1 is 0.582 bits per heavy atom. The highest BCUT2D eigenvalue weighted by atomic mass is 127. The van der Waals surface area contributed by atoms with Crippen molar-refractivity contribution in [2.75, 3.05) is 22.9 Å². The van der Waals surface area contributed by atoms with E-state index in [9.17, 15) is 17.6 Å². The molecule has 55 heavy (non-hydrogen) atoms. The second-order valence-electron chi connectivity index (χ2n) is 12.9. The zero-order valence-corrected chi connectivity index (χ0v) is 30.9. The maximum atomic E-state index is 14.3. The molecule has 10 heterocycles. The Hall–Kier alpha value is -5.99. The van der Waals surface area contributed by atoms with E-state index in [0.717, 1.165) is 52.1 Å². The monoisotopic (exact) mass is 860 g/mol. The van der Waals surface area contributed by atoms with Crippen LogP contribution in [0.15, 0.2) is 92.0 Å². The van der Waals surface area contributed by atoms with Gasteiger partial charge in [0.1, 0.15) is 46.0 Å². The Kier molecular flexibility index (Phi) is 9.06. The minimum Gasteiger partial charge on any atom is -0.348 e. The van der Waals surface area contributed by atoms with Crippen molar-refractivity contribution in [3.05, 3.63) is 131 Å². The lowest BCUT2D eigenvalue weighted by Gasteiger charge is -2.25. The third-order valence-corrected chi connectivity index (χ3v) is 10.2. The number of rotatable bonds is 6. The Bertz CT molecular complexity index is 2640. The standard InChI is InChI=1S/C18H14F2IN7.C18H15F2N7/c19-12-3-4-15(20)24-17(12)13-2-1-6-26(13)16-5-7-27-18(25-16)14(9-23-27)28-10-11(21)8-22-28;19-12-4-5-15(20)23-17(12)13-3-1-8-25(13)16-6-10-27-18(24-16)14(11-22-27)26-9-2-7-21-26/h3-5,7-10,13H,1-2,6H2;2,4-7,9-11,13H,1,3,8H2/t2*13-/m11/s1. The van der Waals surface area contributed by atoms with E-state index in [-0.39, 0.29) is 23.5 Å². The minimum absolute atomic E-state index is 0.120. The molecule has 0 saturated carbocycles. The van der Waals surface area contributed by atoms with Crippen molar-refractivity contribution in [2.24, 2.45) is 0 Å². The molecule has 0 aliphatic carbocycles. The molecule has 2 aliphatic rings. The maximum absolute atomic E-state index is 14.3. The van der Waals surface area contributed by atoms with Gasteiger partial charge in [-0.2, -0.15) is 29.2 Å². The Balaban J connectivity index is 0.000000144. The van der Waals surface area contributed by atoms with Gasteiger partial charge in [0, 0.05) is 44.1 Å². The lowest BCUT2D eigenvalue weighted by molar-refractivity contribution is 0.518. The van der Waals surface area contributed by atoms with Crippen LogP contribution in [-0.4, -0.2) is 71.8 Å². The summed E-state index contributed by atoms with van der Waals surface area (Å²) >= 11 is 2.19. The van der Waals surface area contributed by atoms with Crippen LogP contribution < -0.4 is 9.80 Å². The number of fused-ring (bicyclic) bond motifs is 2. The van der Waals surface area contributed by atoms with Gasteiger partial charge in [-0.25, -0.2) is 47.1 Å². The molecule has 0 bridgehead atoms. The van der Waals surface area contributed by atoms with Crippen LogP contribution in [-0.2, 0) is 0 Å². The van der Waals surface area contributed by atoms with Crippen molar-refractivity contribution in [1.29, 1.82) is 0 Å². The molecule has 0 spiro atoms. The van der Waals surface area contributed by atoms with Crippen LogP contribution >= 0.6 is 22.6 Å². The molecule has 19 heteroatoms. The van der Waals surface area contributed by atoms with Gasteiger partial charge in [0.05, 0.1) is 34.2 Å². The van der Waals surface area contributed by atoms with Crippen LogP contribution in [0, 0.1) is 27.1 Å². The average molecular weight is 861 g/mol. The molecule has 0 N–H and O–H groups in total. The Morgan fingerprint density at radius 2 is 1.13 bits per heavy atom. The summed E-state index contributed by atoms with van der Waals surface area (Å²) in [7, 11) is 0. The van der Waals surface area contributed by atoms with Gasteiger partial charge in [-0.15, -0.1) is 0 Å². The second kappa shape index (κ2) is 14.3. The van der Waals surface area contributed by atoms with Gasteiger partial charge in [0.25, 0.3) is 0 Å². The highest BCUT2D eigenvalue weighted by Crippen LogP contribution is 2.37. The van der Waals surface area contributed by atoms with Gasteiger partial charge < -0.3 is 9.80 Å². The summed E-state index contributed by atoms with van der Waals surface area (Å²) in [6, 6.07) is 9.07. The minimum atomic E-state index is -0.682. The highest BCUT2D eigenvalue weighted by Gasteiger charge is 2.32. The predicted molar refractivity (Wildman–Crippen MR) is 200 cm³/mol. The summed E-state index contributed by atoms with van der Waals surface area (Å²) in [6.45, 7) is 1.38. The molecule has 0 aromatic carbocycles. The van der Waals surface area contributed by atoms with Crippen molar-refractivity contribution in [3.8, 4) is 11.4 Å². The fourth-order valence-electron chi connectivity index (χ4n) is 7.17. The zero-order valence-electron chi connectivity index (χ0n) is 28.7. The zero-order chi connectivity index (χ0) is 37.6. The number of hydrogen-bond acceptors (Lipinski definition) is 10. The maximum Gasteiger partial charge on any atom is 0.213 e. The molecule has 2 atom stereocenters. The quantitative estimate of drug-likeness (QED) is 0.104. The first kappa shape index (κ1) is 34.8. The van der Waals surface area contributed by atoms with Gasteiger partial charge in [-0.05, 0) is 90.7 Å². The van der Waals surface area contributed by atoms with Crippen LogP contribution in [0.2, 0.25) is 0 Å². The molecule has 8 aromatic heterocycles. The summed E-state index contributed by atoms with van der Waals surface area (Å²) in [5.74, 6) is -1.03. The summed E-state index contributed by atoms with van der Waals surface area (Å²) in [5, 5.41) is 17.2. The van der Waals surface area contributed by atoms with Crippen molar-refractivity contribution >= 4 is 45.5 Å². The summed E-state index contributed by atoms with van der Waals surface area (Å²) in [5.41, 5.74) is 3.00. The van der Waals surface area contributed by atoms with Gasteiger partial charge in [0.2, 0.25) is 11.9 Å². The van der Waals surface area contributed by atoms with Crippen LogP contribution in [0.3, 0.4) is 0 Å². The molecule has 0 radical (unpaired) electrons. The molecule has 0 amide bonds.